The maximum Gasteiger partial charge on any atom is 0.407 e. The van der Waals surface area contributed by atoms with Crippen molar-refractivity contribution >= 4 is 27.4 Å². The fraction of sp³-hybridized carbons (Fsp3) is 0.143. The Morgan fingerprint density at radius 3 is 1.59 bits per heavy atom. The van der Waals surface area contributed by atoms with Gasteiger partial charge in [0.15, 0.2) is 11.6 Å². The minimum Gasteiger partial charge on any atom is -0.494 e. The molecule has 1 nitrogen and oxygen atoms in total. The molecule has 0 saturated heterocycles. The summed E-state index contributed by atoms with van der Waals surface area (Å²) in [4.78, 5) is 0. The van der Waals surface area contributed by atoms with E-state index in [2.05, 4.69) is 0 Å². The lowest BCUT2D eigenvalue weighted by Crippen LogP contribution is -2.58. The highest BCUT2D eigenvalue weighted by molar-refractivity contribution is 6.95. The quantitative estimate of drug-likeness (QED) is 0.459. The van der Waals surface area contributed by atoms with Gasteiger partial charge in [-0.05, 0) is 52.0 Å². The van der Waals surface area contributed by atoms with Crippen molar-refractivity contribution in [1.29, 1.82) is 0 Å². The van der Waals surface area contributed by atoms with Gasteiger partial charge in [0.1, 0.15) is 29.1 Å². The lowest BCUT2D eigenvalue weighted by molar-refractivity contribution is 0.385. The van der Waals surface area contributed by atoms with Crippen LogP contribution < -0.4 is 18.0 Å². The Balaban J connectivity index is 2.47. The van der Waals surface area contributed by atoms with Crippen LogP contribution in [0.4, 0.5) is 26.3 Å². The summed E-state index contributed by atoms with van der Waals surface area (Å²) in [5, 5.41) is 0. The molecule has 0 atom stereocenters. The predicted octanol–water partition coefficient (Wildman–Crippen LogP) is 3.66. The van der Waals surface area contributed by atoms with Crippen molar-refractivity contribution in [2.24, 2.45) is 0 Å². The Bertz CT molecular complexity index is 1040. The normalized spacial score (nSPS) is 10.9. The summed E-state index contributed by atoms with van der Waals surface area (Å²) in [6.45, 7) is 2.71. The third-order valence-electron chi connectivity index (χ3n) is 4.80. The molecule has 3 aromatic rings. The van der Waals surface area contributed by atoms with Crippen LogP contribution in [0.5, 0.6) is 5.75 Å². The van der Waals surface area contributed by atoms with Crippen LogP contribution in [0.2, 0.25) is 0 Å². The monoisotopic (exact) mass is 424 g/mol. The summed E-state index contributed by atoms with van der Waals surface area (Å²) in [7, 11) is 1.12. The zero-order valence-corrected chi connectivity index (χ0v) is 16.9. The molecule has 0 amide bonds. The Labute approximate surface area is 167 Å². The third kappa shape index (κ3) is 3.75. The summed E-state index contributed by atoms with van der Waals surface area (Å²) in [5.41, 5.74) is 0.0590. The Hall–Kier alpha value is -2.43. The highest BCUT2D eigenvalue weighted by Crippen LogP contribution is 2.19. The Kier molecular flexibility index (Phi) is 5.97. The van der Waals surface area contributed by atoms with E-state index in [1.54, 1.807) is 0 Å². The van der Waals surface area contributed by atoms with Crippen molar-refractivity contribution in [1.82, 2.24) is 0 Å². The smallest absolute Gasteiger partial charge is 0.407 e. The van der Waals surface area contributed by atoms with Crippen molar-refractivity contribution in [3.8, 4) is 5.75 Å². The molecule has 3 rings (SSSR count). The molecule has 0 heterocycles. The zero-order chi connectivity index (χ0) is 21.5. The van der Waals surface area contributed by atoms with Gasteiger partial charge in [0.25, 0.3) is 0 Å². The number of aryl methyl sites for hydroxylation is 2. The molecule has 0 N–H and O–H groups in total. The molecule has 0 fully saturated rings. The van der Waals surface area contributed by atoms with Crippen molar-refractivity contribution in [3.05, 3.63) is 82.4 Å². The van der Waals surface area contributed by atoms with Gasteiger partial charge in [-0.1, -0.05) is 16.6 Å². The summed E-state index contributed by atoms with van der Waals surface area (Å²) in [5.74, 6) is -6.78. The van der Waals surface area contributed by atoms with Crippen molar-refractivity contribution in [2.45, 2.75) is 13.8 Å². The number of rotatable bonds is 4. The maximum atomic E-state index is 15.0. The molecule has 8 heteroatoms. The number of hydrogen-bond acceptors (Lipinski definition) is 1. The molecule has 29 heavy (non-hydrogen) atoms. The Morgan fingerprint density at radius 1 is 0.655 bits per heavy atom. The summed E-state index contributed by atoms with van der Waals surface area (Å²) in [6, 6.07) is 5.64. The topological polar surface area (TPSA) is 9.23 Å². The molecule has 0 bridgehead atoms. The molecule has 0 aliphatic heterocycles. The summed E-state index contributed by atoms with van der Waals surface area (Å²) < 4.78 is 91.3. The summed E-state index contributed by atoms with van der Waals surface area (Å²) in [6.07, 6.45) is 0. The number of hydrogen-bond donors (Lipinski definition) is 0. The van der Waals surface area contributed by atoms with Gasteiger partial charge in [0.2, 0.25) is 0 Å². The fourth-order valence-corrected chi connectivity index (χ4v) is 6.56. The van der Waals surface area contributed by atoms with E-state index in [1.807, 2.05) is 0 Å². The Morgan fingerprint density at radius 2 is 1.14 bits per heavy atom. The van der Waals surface area contributed by atoms with Crippen LogP contribution in [0.1, 0.15) is 11.1 Å². The SMILES string of the molecule is COc1c[c]([Al]([c]2c(F)ccc(C)c2F)[c]2c(F)ccc(C)c2F)c(F)cc1F. The average molecular weight is 424 g/mol. The highest BCUT2D eigenvalue weighted by Gasteiger charge is 2.39. The second-order valence-electron chi connectivity index (χ2n) is 6.63. The molecular weight excluding hydrogens is 409 g/mol. The van der Waals surface area contributed by atoms with Gasteiger partial charge < -0.3 is 4.74 Å². The third-order valence-corrected chi connectivity index (χ3v) is 8.08. The highest BCUT2D eigenvalue weighted by atomic mass is 27.2. The first kappa shape index (κ1) is 21.3. The van der Waals surface area contributed by atoms with E-state index in [0.29, 0.717) is 6.07 Å². The van der Waals surface area contributed by atoms with Gasteiger partial charge in [-0.2, -0.15) is 0 Å². The number of benzene rings is 3. The van der Waals surface area contributed by atoms with Crippen molar-refractivity contribution in [3.63, 3.8) is 0 Å². The lowest BCUT2D eigenvalue weighted by atomic mass is 10.2. The average Bonchev–Trinajstić information content (AvgIpc) is 2.67. The molecular formula is C21H15AlF6O. The van der Waals surface area contributed by atoms with E-state index in [4.69, 9.17) is 4.74 Å². The molecule has 0 saturated carbocycles. The first-order valence-corrected chi connectivity index (χ1v) is 10.3. The zero-order valence-electron chi connectivity index (χ0n) is 15.7. The fourth-order valence-electron chi connectivity index (χ4n) is 3.26. The molecule has 3 aromatic carbocycles. The van der Waals surface area contributed by atoms with Crippen LogP contribution in [0.25, 0.3) is 0 Å². The van der Waals surface area contributed by atoms with Gasteiger partial charge in [-0.15, -0.1) is 0 Å². The molecule has 0 aliphatic carbocycles. The molecule has 0 aromatic heterocycles. The first-order chi connectivity index (χ1) is 13.7. The van der Waals surface area contributed by atoms with Gasteiger partial charge in [-0.3, -0.25) is 0 Å². The van der Waals surface area contributed by atoms with E-state index >= 15 is 0 Å². The number of halogens is 6. The first-order valence-electron chi connectivity index (χ1n) is 8.59. The van der Waals surface area contributed by atoms with Gasteiger partial charge in [0.05, 0.1) is 7.11 Å². The minimum atomic E-state index is -3.75. The standard InChI is InChI=1S/C7H5F2O.2C7H5F2.Al/c1-10-7-3-2-5(8)4-6(7)9;2*1-5-2-3-6(8)4-7(5)9;/h3-4H,1H3;2*2-3H,1H3;. The predicted molar refractivity (Wildman–Crippen MR) is 99.8 cm³/mol. The van der Waals surface area contributed by atoms with Gasteiger partial charge in [-0.25, -0.2) is 26.3 Å². The van der Waals surface area contributed by atoms with E-state index in [1.165, 1.54) is 26.0 Å². The summed E-state index contributed by atoms with van der Waals surface area (Å²) >= 11 is -3.75. The van der Waals surface area contributed by atoms with Crippen LogP contribution in [-0.2, 0) is 0 Å². The maximum absolute atomic E-state index is 15.0. The van der Waals surface area contributed by atoms with E-state index in [0.717, 1.165) is 25.3 Å². The van der Waals surface area contributed by atoms with E-state index in [9.17, 15) is 26.3 Å². The molecule has 0 spiro atoms. The molecule has 0 radical (unpaired) electrons. The van der Waals surface area contributed by atoms with Gasteiger partial charge in [0, 0.05) is 6.07 Å². The van der Waals surface area contributed by atoms with Crippen LogP contribution in [-0.4, -0.2) is 21.3 Å². The van der Waals surface area contributed by atoms with E-state index < -0.39 is 68.1 Å². The van der Waals surface area contributed by atoms with Crippen molar-refractivity contribution in [2.75, 3.05) is 7.11 Å². The molecule has 150 valence electrons. The second kappa shape index (κ2) is 8.13. The van der Waals surface area contributed by atoms with Crippen molar-refractivity contribution < 1.29 is 31.1 Å². The second-order valence-corrected chi connectivity index (χ2v) is 9.27. The number of methoxy groups -OCH3 is 1. The van der Waals surface area contributed by atoms with Gasteiger partial charge >= 0.3 is 14.1 Å². The minimum absolute atomic E-state index is 0.0295. The van der Waals surface area contributed by atoms with Crippen LogP contribution >= 0.6 is 0 Å². The number of ether oxygens (including phenoxy) is 1. The molecule has 0 aliphatic rings. The van der Waals surface area contributed by atoms with Crippen LogP contribution in [0, 0.1) is 48.8 Å². The van der Waals surface area contributed by atoms with E-state index in [-0.39, 0.29) is 11.1 Å². The van der Waals surface area contributed by atoms with Crippen LogP contribution in [0.3, 0.4) is 0 Å². The largest absolute Gasteiger partial charge is 0.494 e. The molecule has 0 unspecified atom stereocenters. The van der Waals surface area contributed by atoms with Crippen LogP contribution in [0.15, 0.2) is 36.4 Å². The lowest BCUT2D eigenvalue weighted by Gasteiger charge is -2.20.